The summed E-state index contributed by atoms with van der Waals surface area (Å²) in [4.78, 5) is 4.04. The van der Waals surface area contributed by atoms with E-state index in [1.807, 2.05) is 25.4 Å². The molecule has 0 aliphatic heterocycles. The van der Waals surface area contributed by atoms with E-state index in [0.29, 0.717) is 5.69 Å². The molecule has 0 saturated carbocycles. The summed E-state index contributed by atoms with van der Waals surface area (Å²) in [6, 6.07) is 3.84. The molecule has 2 rings (SSSR count). The van der Waals surface area contributed by atoms with Crippen LogP contribution in [-0.4, -0.2) is 14.8 Å². The Hall–Kier alpha value is -2.08. The van der Waals surface area contributed by atoms with Gasteiger partial charge < -0.3 is 0 Å². The van der Waals surface area contributed by atoms with E-state index in [-0.39, 0.29) is 0 Å². The van der Waals surface area contributed by atoms with Crippen molar-refractivity contribution in [3.05, 3.63) is 36.4 Å². The minimum Gasteiger partial charge on any atom is -0.274 e. The summed E-state index contributed by atoms with van der Waals surface area (Å²) in [5, 5.41) is 4.16. The van der Waals surface area contributed by atoms with Gasteiger partial charge in [-0.25, -0.2) is 0 Å². The first kappa shape index (κ1) is 8.52. The van der Waals surface area contributed by atoms with E-state index in [0.717, 1.165) is 11.1 Å². The predicted octanol–water partition coefficient (Wildman–Crippen LogP) is 1.46. The third-order valence-electron chi connectivity index (χ3n) is 1.94. The van der Waals surface area contributed by atoms with Crippen LogP contribution in [0.15, 0.2) is 30.7 Å². The van der Waals surface area contributed by atoms with Crippen molar-refractivity contribution in [2.45, 2.75) is 0 Å². The quantitative estimate of drug-likeness (QED) is 0.627. The molecule has 14 heavy (non-hydrogen) atoms. The molecule has 0 saturated heterocycles. The summed E-state index contributed by atoms with van der Waals surface area (Å²) in [5.41, 5.74) is 2.59. The molecular weight excluding hydrogens is 174 g/mol. The molecule has 0 bridgehead atoms. The lowest BCUT2D eigenvalue weighted by atomic mass is 10.1. The number of aryl methyl sites for hydroxylation is 1. The van der Waals surface area contributed by atoms with E-state index in [4.69, 9.17) is 6.42 Å². The van der Waals surface area contributed by atoms with Crippen LogP contribution in [0.25, 0.3) is 11.1 Å². The second-order valence-corrected chi connectivity index (χ2v) is 2.95. The second-order valence-electron chi connectivity index (χ2n) is 2.95. The van der Waals surface area contributed by atoms with E-state index in [9.17, 15) is 0 Å². The van der Waals surface area contributed by atoms with Crippen molar-refractivity contribution in [3.8, 4) is 23.5 Å². The second kappa shape index (κ2) is 3.35. The molecule has 0 aliphatic rings. The summed E-state index contributed by atoms with van der Waals surface area (Å²) >= 11 is 0. The predicted molar refractivity (Wildman–Crippen MR) is 54.4 cm³/mol. The lowest BCUT2D eigenvalue weighted by molar-refractivity contribution is 0.764. The maximum Gasteiger partial charge on any atom is 0.142 e. The standard InChI is InChI=1S/C11H9N3/c1-3-11-10(8-14(2)13-11)9-5-4-6-12-7-9/h1,4-8H,2H3. The van der Waals surface area contributed by atoms with Gasteiger partial charge in [-0.15, -0.1) is 6.42 Å². The summed E-state index contributed by atoms with van der Waals surface area (Å²) in [7, 11) is 1.85. The van der Waals surface area contributed by atoms with Crippen molar-refractivity contribution in [1.82, 2.24) is 14.8 Å². The van der Waals surface area contributed by atoms with Gasteiger partial charge in [0.15, 0.2) is 0 Å². The molecule has 0 aliphatic carbocycles. The van der Waals surface area contributed by atoms with Gasteiger partial charge in [0.05, 0.1) is 0 Å². The summed E-state index contributed by atoms with van der Waals surface area (Å²) in [6.45, 7) is 0. The smallest absolute Gasteiger partial charge is 0.142 e. The normalized spacial score (nSPS) is 9.71. The van der Waals surface area contributed by atoms with E-state index >= 15 is 0 Å². The van der Waals surface area contributed by atoms with Gasteiger partial charge in [-0.2, -0.15) is 5.10 Å². The Bertz CT molecular complexity index is 477. The highest BCUT2D eigenvalue weighted by molar-refractivity contribution is 5.67. The summed E-state index contributed by atoms with van der Waals surface area (Å²) in [6.07, 6.45) is 10.8. The van der Waals surface area contributed by atoms with Crippen LogP contribution < -0.4 is 0 Å². The molecule has 3 nitrogen and oxygen atoms in total. The fourth-order valence-electron chi connectivity index (χ4n) is 1.33. The molecular formula is C11H9N3. The van der Waals surface area contributed by atoms with Gasteiger partial charge in [0.25, 0.3) is 0 Å². The molecule has 0 N–H and O–H groups in total. The monoisotopic (exact) mass is 183 g/mol. The van der Waals surface area contributed by atoms with Crippen molar-refractivity contribution in [2.24, 2.45) is 7.05 Å². The molecule has 3 heteroatoms. The van der Waals surface area contributed by atoms with Crippen molar-refractivity contribution in [3.63, 3.8) is 0 Å². The average molecular weight is 183 g/mol. The minimum absolute atomic E-state index is 0.653. The Labute approximate surface area is 82.4 Å². The van der Waals surface area contributed by atoms with E-state index in [1.165, 1.54) is 0 Å². The van der Waals surface area contributed by atoms with Crippen molar-refractivity contribution >= 4 is 0 Å². The van der Waals surface area contributed by atoms with Gasteiger partial charge in [0.2, 0.25) is 0 Å². The van der Waals surface area contributed by atoms with Crippen molar-refractivity contribution in [2.75, 3.05) is 0 Å². The van der Waals surface area contributed by atoms with Gasteiger partial charge >= 0.3 is 0 Å². The lowest BCUT2D eigenvalue weighted by Gasteiger charge is -1.95. The Kier molecular flexibility index (Phi) is 2.04. The van der Waals surface area contributed by atoms with Crippen LogP contribution >= 0.6 is 0 Å². The number of hydrogen-bond donors (Lipinski definition) is 0. The first-order valence-corrected chi connectivity index (χ1v) is 4.22. The number of rotatable bonds is 1. The number of aromatic nitrogens is 3. The molecule has 2 aromatic heterocycles. The Morgan fingerprint density at radius 1 is 1.50 bits per heavy atom. The third kappa shape index (κ3) is 1.38. The van der Waals surface area contributed by atoms with Gasteiger partial charge in [-0.1, -0.05) is 6.07 Å². The zero-order chi connectivity index (χ0) is 9.97. The largest absolute Gasteiger partial charge is 0.274 e. The Morgan fingerprint density at radius 3 is 3.00 bits per heavy atom. The third-order valence-corrected chi connectivity index (χ3v) is 1.94. The number of hydrogen-bond acceptors (Lipinski definition) is 2. The molecule has 0 fully saturated rings. The fraction of sp³-hybridized carbons (Fsp3) is 0.0909. The highest BCUT2D eigenvalue weighted by atomic mass is 15.2. The zero-order valence-electron chi connectivity index (χ0n) is 7.81. The number of pyridine rings is 1. The minimum atomic E-state index is 0.653. The Morgan fingerprint density at radius 2 is 2.36 bits per heavy atom. The van der Waals surface area contributed by atoms with Crippen molar-refractivity contribution in [1.29, 1.82) is 0 Å². The number of nitrogens with zero attached hydrogens (tertiary/aromatic N) is 3. The molecule has 2 heterocycles. The zero-order valence-corrected chi connectivity index (χ0v) is 7.81. The van der Waals surface area contributed by atoms with Crippen LogP contribution in [0, 0.1) is 12.3 Å². The van der Waals surface area contributed by atoms with E-state index < -0.39 is 0 Å². The first-order chi connectivity index (χ1) is 6.81. The van der Waals surface area contributed by atoms with E-state index in [2.05, 4.69) is 16.0 Å². The Balaban J connectivity index is 2.58. The lowest BCUT2D eigenvalue weighted by Crippen LogP contribution is -1.86. The van der Waals surface area contributed by atoms with Crippen LogP contribution in [0.4, 0.5) is 0 Å². The summed E-state index contributed by atoms with van der Waals surface area (Å²) in [5.74, 6) is 2.56. The number of terminal acetylenes is 1. The molecule has 0 atom stereocenters. The molecule has 0 unspecified atom stereocenters. The van der Waals surface area contributed by atoms with Crippen LogP contribution in [-0.2, 0) is 7.05 Å². The van der Waals surface area contributed by atoms with Gasteiger partial charge in [0, 0.05) is 36.8 Å². The van der Waals surface area contributed by atoms with E-state index in [1.54, 1.807) is 17.1 Å². The van der Waals surface area contributed by atoms with Gasteiger partial charge in [0.1, 0.15) is 5.69 Å². The maximum atomic E-state index is 5.36. The van der Waals surface area contributed by atoms with Crippen molar-refractivity contribution < 1.29 is 0 Å². The molecule has 0 radical (unpaired) electrons. The van der Waals surface area contributed by atoms with Gasteiger partial charge in [-0.3, -0.25) is 9.67 Å². The topological polar surface area (TPSA) is 30.7 Å². The van der Waals surface area contributed by atoms with Gasteiger partial charge in [-0.05, 0) is 12.0 Å². The SMILES string of the molecule is C#Cc1nn(C)cc1-c1cccnc1. The summed E-state index contributed by atoms with van der Waals surface area (Å²) < 4.78 is 1.71. The first-order valence-electron chi connectivity index (χ1n) is 4.22. The highest BCUT2D eigenvalue weighted by Gasteiger charge is 2.06. The molecule has 0 amide bonds. The average Bonchev–Trinajstić information content (AvgIpc) is 2.61. The fourth-order valence-corrected chi connectivity index (χ4v) is 1.33. The van der Waals surface area contributed by atoms with Crippen LogP contribution in [0.1, 0.15) is 5.69 Å². The molecule has 0 aromatic carbocycles. The van der Waals surface area contributed by atoms with Crippen LogP contribution in [0.5, 0.6) is 0 Å². The molecule has 0 spiro atoms. The molecule has 2 aromatic rings. The molecule has 68 valence electrons. The van der Waals surface area contributed by atoms with Crippen LogP contribution in [0.3, 0.4) is 0 Å². The highest BCUT2D eigenvalue weighted by Crippen LogP contribution is 2.20. The maximum absolute atomic E-state index is 5.36. The van der Waals surface area contributed by atoms with Crippen LogP contribution in [0.2, 0.25) is 0 Å².